The minimum Gasteiger partial charge on any atom is -0.496 e. The Morgan fingerprint density at radius 3 is 2.62 bits per heavy atom. The molecule has 0 unspecified atom stereocenters. The molecule has 0 bridgehead atoms. The Labute approximate surface area is 98.3 Å². The maximum atomic E-state index is 11.6. The van der Waals surface area contributed by atoms with Gasteiger partial charge in [-0.25, -0.2) is 4.79 Å². The quantitative estimate of drug-likeness (QED) is 0.599. The van der Waals surface area contributed by atoms with Crippen molar-refractivity contribution < 1.29 is 14.3 Å². The van der Waals surface area contributed by atoms with Gasteiger partial charge in [-0.3, -0.25) is 0 Å². The van der Waals surface area contributed by atoms with Crippen molar-refractivity contribution in [1.82, 2.24) is 0 Å². The van der Waals surface area contributed by atoms with E-state index in [1.165, 1.54) is 20.3 Å². The topological polar surface area (TPSA) is 59.3 Å². The molecule has 0 heterocycles. The number of halogens is 1. The van der Waals surface area contributed by atoms with E-state index in [-0.39, 0.29) is 17.0 Å². The summed E-state index contributed by atoms with van der Waals surface area (Å²) >= 11 is 5.75. The van der Waals surface area contributed by atoms with E-state index in [4.69, 9.17) is 21.6 Å². The van der Waals surface area contributed by atoms with Gasteiger partial charge in [0.25, 0.3) is 0 Å². The molecule has 1 rings (SSSR count). The Morgan fingerprint density at radius 2 is 2.19 bits per heavy atom. The van der Waals surface area contributed by atoms with Crippen LogP contribution >= 0.6 is 11.6 Å². The molecule has 0 amide bonds. The van der Waals surface area contributed by atoms with E-state index in [2.05, 4.69) is 4.74 Å². The Kier molecular flexibility index (Phi) is 4.15. The van der Waals surface area contributed by atoms with Crippen LogP contribution in [-0.4, -0.2) is 20.2 Å². The third kappa shape index (κ3) is 2.10. The highest BCUT2D eigenvalue weighted by Crippen LogP contribution is 2.27. The molecular weight excluding hydrogens is 230 g/mol. The number of carbonyl (C=O) groups excluding carboxylic acids is 1. The molecule has 0 aromatic heterocycles. The molecule has 0 radical (unpaired) electrons. The summed E-state index contributed by atoms with van der Waals surface area (Å²) in [4.78, 5) is 11.6. The fourth-order valence-corrected chi connectivity index (χ4v) is 1.65. The zero-order chi connectivity index (χ0) is 12.1. The number of hydrogen-bond acceptors (Lipinski definition) is 4. The van der Waals surface area contributed by atoms with Crippen molar-refractivity contribution in [1.29, 1.82) is 5.26 Å². The summed E-state index contributed by atoms with van der Waals surface area (Å²) in [5.74, 6) is -0.0520. The van der Waals surface area contributed by atoms with Gasteiger partial charge >= 0.3 is 5.97 Å². The van der Waals surface area contributed by atoms with Crippen LogP contribution in [0.5, 0.6) is 5.75 Å². The van der Waals surface area contributed by atoms with Crippen molar-refractivity contribution in [3.05, 3.63) is 28.8 Å². The molecule has 0 saturated carbocycles. The fourth-order valence-electron chi connectivity index (χ4n) is 1.38. The Morgan fingerprint density at radius 1 is 1.50 bits per heavy atom. The van der Waals surface area contributed by atoms with Crippen molar-refractivity contribution in [2.45, 2.75) is 5.88 Å². The second-order valence-electron chi connectivity index (χ2n) is 2.91. The van der Waals surface area contributed by atoms with Gasteiger partial charge in [0.1, 0.15) is 11.8 Å². The summed E-state index contributed by atoms with van der Waals surface area (Å²) in [5.41, 5.74) is 0.859. The van der Waals surface area contributed by atoms with Gasteiger partial charge in [0.15, 0.2) is 0 Å². The lowest BCUT2D eigenvalue weighted by molar-refractivity contribution is 0.0599. The molecule has 16 heavy (non-hydrogen) atoms. The lowest BCUT2D eigenvalue weighted by atomic mass is 10.0. The van der Waals surface area contributed by atoms with Gasteiger partial charge < -0.3 is 9.47 Å². The lowest BCUT2D eigenvalue weighted by Gasteiger charge is -2.11. The van der Waals surface area contributed by atoms with Crippen LogP contribution in [0.1, 0.15) is 21.5 Å². The molecule has 84 valence electrons. The van der Waals surface area contributed by atoms with Gasteiger partial charge in [0.2, 0.25) is 0 Å². The van der Waals surface area contributed by atoms with Gasteiger partial charge in [-0.2, -0.15) is 5.26 Å². The standard InChI is InChI=1S/C11H10ClNO3/c1-15-9-4-3-7(6-13)10(8(9)5-12)11(14)16-2/h3-4H,5H2,1-2H3. The van der Waals surface area contributed by atoms with Crippen molar-refractivity contribution >= 4 is 17.6 Å². The third-order valence-electron chi connectivity index (χ3n) is 2.13. The number of benzene rings is 1. The monoisotopic (exact) mass is 239 g/mol. The second-order valence-corrected chi connectivity index (χ2v) is 3.17. The average Bonchev–Trinajstić information content (AvgIpc) is 2.35. The lowest BCUT2D eigenvalue weighted by Crippen LogP contribution is -2.09. The Hall–Kier alpha value is -1.73. The molecule has 0 saturated heterocycles. The maximum Gasteiger partial charge on any atom is 0.339 e. The van der Waals surface area contributed by atoms with E-state index in [0.29, 0.717) is 11.3 Å². The van der Waals surface area contributed by atoms with Crippen molar-refractivity contribution in [2.75, 3.05) is 14.2 Å². The predicted octanol–water partition coefficient (Wildman–Crippen LogP) is 2.09. The first-order valence-electron chi connectivity index (χ1n) is 4.43. The van der Waals surface area contributed by atoms with Crippen LogP contribution in [0.4, 0.5) is 0 Å². The van der Waals surface area contributed by atoms with Gasteiger partial charge in [0.05, 0.1) is 31.2 Å². The molecule has 0 aliphatic rings. The SMILES string of the molecule is COC(=O)c1c(C#N)ccc(OC)c1CCl. The summed E-state index contributed by atoms with van der Waals surface area (Å²) in [6.07, 6.45) is 0. The van der Waals surface area contributed by atoms with Crippen LogP contribution in [-0.2, 0) is 10.6 Å². The number of methoxy groups -OCH3 is 2. The average molecular weight is 240 g/mol. The summed E-state index contributed by atoms with van der Waals surface area (Å²) in [7, 11) is 2.72. The number of carbonyl (C=O) groups is 1. The van der Waals surface area contributed by atoms with Gasteiger partial charge in [-0.15, -0.1) is 11.6 Å². The van der Waals surface area contributed by atoms with E-state index < -0.39 is 5.97 Å². The Bertz CT molecular complexity index is 451. The largest absolute Gasteiger partial charge is 0.496 e. The van der Waals surface area contributed by atoms with Crippen molar-refractivity contribution in [3.63, 3.8) is 0 Å². The van der Waals surface area contributed by atoms with Crippen LogP contribution < -0.4 is 4.74 Å². The number of nitrogens with zero attached hydrogens (tertiary/aromatic N) is 1. The normalized spacial score (nSPS) is 9.38. The molecule has 0 fully saturated rings. The van der Waals surface area contributed by atoms with Crippen molar-refractivity contribution in [2.24, 2.45) is 0 Å². The fraction of sp³-hybridized carbons (Fsp3) is 0.273. The van der Waals surface area contributed by atoms with Crippen LogP contribution in [0.25, 0.3) is 0 Å². The summed E-state index contributed by atoms with van der Waals surface area (Å²) in [5, 5.41) is 8.90. The third-order valence-corrected chi connectivity index (χ3v) is 2.40. The highest BCUT2D eigenvalue weighted by atomic mass is 35.5. The van der Waals surface area contributed by atoms with Crippen LogP contribution in [0.15, 0.2) is 12.1 Å². The first kappa shape index (κ1) is 12.3. The maximum absolute atomic E-state index is 11.6. The molecule has 0 aliphatic carbocycles. The first-order valence-corrected chi connectivity index (χ1v) is 4.97. The zero-order valence-corrected chi connectivity index (χ0v) is 9.67. The number of nitriles is 1. The van der Waals surface area contributed by atoms with Gasteiger partial charge in [-0.1, -0.05) is 0 Å². The minimum atomic E-state index is -0.592. The molecule has 0 N–H and O–H groups in total. The molecule has 0 spiro atoms. The summed E-state index contributed by atoms with van der Waals surface area (Å²) in [6.45, 7) is 0. The molecule has 4 nitrogen and oxygen atoms in total. The molecule has 5 heteroatoms. The second kappa shape index (κ2) is 5.38. The molecule has 0 aliphatic heterocycles. The zero-order valence-electron chi connectivity index (χ0n) is 8.91. The number of alkyl halides is 1. The molecule has 1 aromatic rings. The highest BCUT2D eigenvalue weighted by molar-refractivity contribution is 6.18. The summed E-state index contributed by atoms with van der Waals surface area (Å²) in [6, 6.07) is 5.02. The molecule has 1 aromatic carbocycles. The van der Waals surface area contributed by atoms with E-state index in [1.807, 2.05) is 6.07 Å². The van der Waals surface area contributed by atoms with E-state index in [9.17, 15) is 4.79 Å². The smallest absolute Gasteiger partial charge is 0.339 e. The Balaban J connectivity index is 3.50. The van der Waals surface area contributed by atoms with E-state index >= 15 is 0 Å². The number of rotatable bonds is 3. The highest BCUT2D eigenvalue weighted by Gasteiger charge is 2.20. The van der Waals surface area contributed by atoms with Crippen LogP contribution in [0.2, 0.25) is 0 Å². The van der Waals surface area contributed by atoms with Crippen LogP contribution in [0, 0.1) is 11.3 Å². The van der Waals surface area contributed by atoms with Crippen molar-refractivity contribution in [3.8, 4) is 11.8 Å². The first-order chi connectivity index (χ1) is 7.69. The molecule has 0 atom stereocenters. The van der Waals surface area contributed by atoms with E-state index in [0.717, 1.165) is 0 Å². The predicted molar refractivity (Wildman–Crippen MR) is 58.6 cm³/mol. The van der Waals surface area contributed by atoms with Crippen LogP contribution in [0.3, 0.4) is 0 Å². The number of hydrogen-bond donors (Lipinski definition) is 0. The minimum absolute atomic E-state index is 0.0725. The molecular formula is C11H10ClNO3. The van der Waals surface area contributed by atoms with Gasteiger partial charge in [0, 0.05) is 5.56 Å². The summed E-state index contributed by atoms with van der Waals surface area (Å²) < 4.78 is 9.69. The number of ether oxygens (including phenoxy) is 2. The van der Waals surface area contributed by atoms with E-state index in [1.54, 1.807) is 6.07 Å². The van der Waals surface area contributed by atoms with Gasteiger partial charge in [-0.05, 0) is 12.1 Å². The number of esters is 1.